The van der Waals surface area contributed by atoms with Crippen LogP contribution in [-0.2, 0) is 10.8 Å². The second kappa shape index (κ2) is 14.1. The highest BCUT2D eigenvalue weighted by atomic mass is 15.0. The van der Waals surface area contributed by atoms with Gasteiger partial charge in [0.05, 0.1) is 17.2 Å². The Balaban J connectivity index is 1.24. The fraction of sp³-hybridized carbons (Fsp3) is 0.138. The third kappa shape index (κ3) is 5.40. The molecule has 0 saturated heterocycles. The molecule has 0 spiro atoms. The molecule has 8 aromatic rings. The van der Waals surface area contributed by atoms with Gasteiger partial charge in [-0.05, 0) is 103 Å². The summed E-state index contributed by atoms with van der Waals surface area (Å²) in [6, 6.07) is 73.7. The van der Waals surface area contributed by atoms with Crippen molar-refractivity contribution in [3.8, 4) is 33.4 Å². The van der Waals surface area contributed by atoms with Crippen LogP contribution in [0.15, 0.2) is 210 Å². The smallest absolute Gasteiger partial charge is 0.155 e. The number of rotatable bonds is 7. The van der Waals surface area contributed by atoms with E-state index >= 15 is 0 Å². The van der Waals surface area contributed by atoms with Gasteiger partial charge in [-0.1, -0.05) is 203 Å². The minimum absolute atomic E-state index is 0.0513. The van der Waals surface area contributed by atoms with Crippen LogP contribution < -0.4 is 0 Å². The van der Waals surface area contributed by atoms with Gasteiger partial charge >= 0.3 is 0 Å². The average Bonchev–Trinajstić information content (AvgIpc) is 3.74. The quantitative estimate of drug-likeness (QED) is 0.154. The van der Waals surface area contributed by atoms with E-state index < -0.39 is 5.41 Å². The lowest BCUT2D eigenvalue weighted by Gasteiger charge is -2.35. The maximum Gasteiger partial charge on any atom is 0.155 e. The minimum Gasteiger partial charge on any atom is -0.257 e. The predicted octanol–water partition coefficient (Wildman–Crippen LogP) is 14.0. The number of nitrogens with zero attached hydrogens (tertiary/aromatic N) is 2. The van der Waals surface area contributed by atoms with Gasteiger partial charge in [0.1, 0.15) is 0 Å². The molecule has 0 fully saturated rings. The van der Waals surface area contributed by atoms with Crippen LogP contribution in [0.3, 0.4) is 0 Å². The highest BCUT2D eigenvalue weighted by Crippen LogP contribution is 2.59. The third-order valence-corrected chi connectivity index (χ3v) is 13.6. The van der Waals surface area contributed by atoms with Crippen molar-refractivity contribution in [2.45, 2.75) is 44.1 Å². The second-order valence-corrected chi connectivity index (χ2v) is 17.1. The van der Waals surface area contributed by atoms with Crippen molar-refractivity contribution in [2.75, 3.05) is 0 Å². The van der Waals surface area contributed by atoms with Gasteiger partial charge in [0, 0.05) is 16.9 Å². The fourth-order valence-electron chi connectivity index (χ4n) is 10.8. The van der Waals surface area contributed by atoms with Gasteiger partial charge in [0.15, 0.2) is 5.84 Å². The molecule has 288 valence electrons. The number of hydrogen-bond acceptors (Lipinski definition) is 2. The second-order valence-electron chi connectivity index (χ2n) is 17.1. The largest absolute Gasteiger partial charge is 0.257 e. The maximum atomic E-state index is 5.73. The molecule has 2 aliphatic carbocycles. The van der Waals surface area contributed by atoms with E-state index in [0.29, 0.717) is 0 Å². The first kappa shape index (κ1) is 36.2. The molecule has 0 amide bonds. The molecule has 0 aromatic heterocycles. The van der Waals surface area contributed by atoms with Crippen LogP contribution in [0, 0.1) is 5.92 Å². The number of aliphatic imine (C=N–C) groups is 2. The van der Waals surface area contributed by atoms with E-state index in [9.17, 15) is 0 Å². The molecule has 2 atom stereocenters. The molecule has 1 heterocycles. The zero-order chi connectivity index (χ0) is 40.4. The summed E-state index contributed by atoms with van der Waals surface area (Å²) >= 11 is 0. The van der Waals surface area contributed by atoms with E-state index in [0.717, 1.165) is 29.1 Å². The number of amidine groups is 1. The van der Waals surface area contributed by atoms with Crippen LogP contribution in [0.1, 0.15) is 83.3 Å². The number of hydrogen-bond donors (Lipinski definition) is 0. The Kier molecular flexibility index (Phi) is 8.53. The van der Waals surface area contributed by atoms with Crippen molar-refractivity contribution in [3.63, 3.8) is 0 Å². The zero-order valence-corrected chi connectivity index (χ0v) is 34.3. The monoisotopic (exact) mass is 770 g/mol. The Bertz CT molecular complexity index is 2940. The standard InChI is InChI=1S/C58H46N2/c1-4-43-54(38-21-9-5-10-22-38)59-56(39-23-11-6-12-24-39)60-55(43)49-36-48-45-30-18-20-32-52(45)58(41-25-13-7-14-26-41,42-27-15-8-16-28-42)53(48)37-46(49)40-33-34-51-47(35-40)44-29-17-19-31-50(44)57(51,2)3/h5-37,43,55H,4H2,1-3H3. The first-order valence-corrected chi connectivity index (χ1v) is 21.4. The highest BCUT2D eigenvalue weighted by molar-refractivity contribution is 6.15. The lowest BCUT2D eigenvalue weighted by Crippen LogP contribution is -2.30. The van der Waals surface area contributed by atoms with Crippen LogP contribution in [-0.4, -0.2) is 11.5 Å². The Morgan fingerprint density at radius 2 is 0.950 bits per heavy atom. The Morgan fingerprint density at radius 1 is 0.433 bits per heavy atom. The third-order valence-electron chi connectivity index (χ3n) is 13.6. The van der Waals surface area contributed by atoms with Crippen molar-refractivity contribution in [1.82, 2.24) is 0 Å². The van der Waals surface area contributed by atoms with Gasteiger partial charge in [-0.25, -0.2) is 4.99 Å². The number of benzene rings is 8. The van der Waals surface area contributed by atoms with E-state index in [-0.39, 0.29) is 17.4 Å². The van der Waals surface area contributed by atoms with Gasteiger partial charge in [-0.2, -0.15) is 0 Å². The van der Waals surface area contributed by atoms with Gasteiger partial charge in [-0.3, -0.25) is 4.99 Å². The molecule has 60 heavy (non-hydrogen) atoms. The summed E-state index contributed by atoms with van der Waals surface area (Å²) in [6.45, 7) is 7.02. The van der Waals surface area contributed by atoms with Crippen molar-refractivity contribution in [2.24, 2.45) is 15.9 Å². The molecular formula is C58H46N2. The van der Waals surface area contributed by atoms with E-state index in [1.54, 1.807) is 0 Å². The summed E-state index contributed by atoms with van der Waals surface area (Å²) in [6.07, 6.45) is 0.890. The van der Waals surface area contributed by atoms with Crippen LogP contribution >= 0.6 is 0 Å². The Morgan fingerprint density at radius 3 is 1.58 bits per heavy atom. The normalized spacial score (nSPS) is 17.8. The van der Waals surface area contributed by atoms with Crippen molar-refractivity contribution < 1.29 is 0 Å². The highest BCUT2D eigenvalue weighted by Gasteiger charge is 2.47. The van der Waals surface area contributed by atoms with E-state index in [1.807, 2.05) is 0 Å². The van der Waals surface area contributed by atoms with Crippen molar-refractivity contribution in [3.05, 3.63) is 250 Å². The molecule has 0 N–H and O–H groups in total. The van der Waals surface area contributed by atoms with Crippen molar-refractivity contribution in [1.29, 1.82) is 0 Å². The van der Waals surface area contributed by atoms with Crippen LogP contribution in [0.2, 0.25) is 0 Å². The molecule has 3 aliphatic rings. The molecule has 2 heteroatoms. The van der Waals surface area contributed by atoms with E-state index in [1.165, 1.54) is 72.3 Å². The lowest BCUT2D eigenvalue weighted by atomic mass is 9.67. The van der Waals surface area contributed by atoms with Gasteiger partial charge in [0.2, 0.25) is 0 Å². The summed E-state index contributed by atoms with van der Waals surface area (Å²) in [5.41, 5.74) is 19.4. The molecule has 1 aliphatic heterocycles. The first-order chi connectivity index (χ1) is 29.5. The molecule has 2 nitrogen and oxygen atoms in total. The van der Waals surface area contributed by atoms with Gasteiger partial charge < -0.3 is 0 Å². The van der Waals surface area contributed by atoms with Crippen LogP contribution in [0.5, 0.6) is 0 Å². The predicted molar refractivity (Wildman–Crippen MR) is 249 cm³/mol. The fourth-order valence-corrected chi connectivity index (χ4v) is 10.8. The van der Waals surface area contributed by atoms with E-state index in [2.05, 4.69) is 221 Å². The molecule has 0 bridgehead atoms. The minimum atomic E-state index is -0.529. The van der Waals surface area contributed by atoms with Crippen molar-refractivity contribution >= 4 is 11.5 Å². The molecular weight excluding hydrogens is 725 g/mol. The average molecular weight is 771 g/mol. The zero-order valence-electron chi connectivity index (χ0n) is 34.3. The van der Waals surface area contributed by atoms with Crippen LogP contribution in [0.25, 0.3) is 33.4 Å². The number of fused-ring (bicyclic) bond motifs is 6. The van der Waals surface area contributed by atoms with Gasteiger partial charge in [-0.15, -0.1) is 0 Å². The summed E-state index contributed by atoms with van der Waals surface area (Å²) in [4.78, 5) is 11.1. The summed E-state index contributed by atoms with van der Waals surface area (Å²) in [5.74, 6) is 0.832. The summed E-state index contributed by atoms with van der Waals surface area (Å²) < 4.78 is 0. The SMILES string of the molecule is CCC1C(c2ccccc2)=NC(c2ccccc2)=NC1c1cc2c(cc1-c1ccc3c(c1)-c1ccccc1C3(C)C)C(c1ccccc1)(c1ccccc1)c1ccccc1-2. The topological polar surface area (TPSA) is 24.7 Å². The molecule has 2 unspecified atom stereocenters. The maximum absolute atomic E-state index is 5.73. The molecule has 11 rings (SSSR count). The molecule has 0 radical (unpaired) electrons. The lowest BCUT2D eigenvalue weighted by molar-refractivity contribution is 0.533. The summed E-state index contributed by atoms with van der Waals surface area (Å²) in [7, 11) is 0. The Labute approximate surface area is 353 Å². The molecule has 8 aromatic carbocycles. The summed E-state index contributed by atoms with van der Waals surface area (Å²) in [5, 5.41) is 0. The molecule has 0 saturated carbocycles. The first-order valence-electron chi connectivity index (χ1n) is 21.4. The van der Waals surface area contributed by atoms with Gasteiger partial charge in [0.25, 0.3) is 0 Å². The van der Waals surface area contributed by atoms with Crippen LogP contribution in [0.4, 0.5) is 0 Å². The van der Waals surface area contributed by atoms with E-state index in [4.69, 9.17) is 9.98 Å². The Hall–Kier alpha value is -6.90.